The van der Waals surface area contributed by atoms with Gasteiger partial charge in [-0.3, -0.25) is 4.79 Å². The lowest BCUT2D eigenvalue weighted by molar-refractivity contribution is -0.150. The van der Waals surface area contributed by atoms with Gasteiger partial charge in [0.2, 0.25) is 0 Å². The highest BCUT2D eigenvalue weighted by Gasteiger charge is 2.24. The normalized spacial score (nSPS) is 13.4. The summed E-state index contributed by atoms with van der Waals surface area (Å²) >= 11 is 0. The van der Waals surface area contributed by atoms with Gasteiger partial charge in [0.25, 0.3) is 0 Å². The summed E-state index contributed by atoms with van der Waals surface area (Å²) in [7, 11) is 0. The third kappa shape index (κ3) is 7.10. The van der Waals surface area contributed by atoms with Gasteiger partial charge in [0.1, 0.15) is 6.61 Å². The van der Waals surface area contributed by atoms with E-state index in [0.29, 0.717) is 6.42 Å². The summed E-state index contributed by atoms with van der Waals surface area (Å²) in [5.41, 5.74) is 1.15. The molecule has 1 rings (SSSR count). The number of rotatable bonds is 7. The van der Waals surface area contributed by atoms with E-state index in [0.717, 1.165) is 12.0 Å². The van der Waals surface area contributed by atoms with Crippen molar-refractivity contribution >= 4 is 5.97 Å². The first-order chi connectivity index (χ1) is 9.39. The highest BCUT2D eigenvalue weighted by atomic mass is 16.5. The van der Waals surface area contributed by atoms with Crippen molar-refractivity contribution in [2.45, 2.75) is 52.2 Å². The Labute approximate surface area is 121 Å². The van der Waals surface area contributed by atoms with Crippen LogP contribution in [0.3, 0.4) is 0 Å². The second kappa shape index (κ2) is 7.85. The van der Waals surface area contributed by atoms with Crippen LogP contribution < -0.4 is 0 Å². The molecule has 1 atom stereocenters. The minimum absolute atomic E-state index is 0.0242. The maximum Gasteiger partial charge on any atom is 0.309 e. The van der Waals surface area contributed by atoms with E-state index in [-0.39, 0.29) is 19.0 Å². The van der Waals surface area contributed by atoms with Crippen LogP contribution in [0.15, 0.2) is 42.0 Å². The van der Waals surface area contributed by atoms with Gasteiger partial charge in [0.15, 0.2) is 0 Å². The molecule has 1 unspecified atom stereocenters. The number of aliphatic hydroxyl groups is 1. The molecule has 110 valence electrons. The zero-order valence-electron chi connectivity index (χ0n) is 12.6. The van der Waals surface area contributed by atoms with Crippen molar-refractivity contribution in [1.29, 1.82) is 0 Å². The van der Waals surface area contributed by atoms with Crippen molar-refractivity contribution in [2.75, 3.05) is 0 Å². The van der Waals surface area contributed by atoms with Crippen LogP contribution in [0.5, 0.6) is 0 Å². The van der Waals surface area contributed by atoms with Crippen molar-refractivity contribution in [3.05, 3.63) is 47.5 Å². The number of benzene rings is 1. The largest absolute Gasteiger partial charge is 0.461 e. The molecule has 0 amide bonds. The summed E-state index contributed by atoms with van der Waals surface area (Å²) in [5.74, 6) is -0.365. The molecule has 1 N–H and O–H groups in total. The number of carbonyl (C=O) groups excluding carboxylic acids is 1. The molecular weight excluding hydrogens is 252 g/mol. The molecule has 0 aliphatic heterocycles. The number of hydrogen-bond donors (Lipinski definition) is 1. The van der Waals surface area contributed by atoms with E-state index in [1.165, 1.54) is 5.57 Å². The number of ether oxygens (including phenoxy) is 1. The summed E-state index contributed by atoms with van der Waals surface area (Å²) in [5, 5.41) is 10.2. The number of hydrogen-bond acceptors (Lipinski definition) is 3. The SMILES string of the molecule is CC(C)=CCCC(C)(O)CC(=O)OCc1ccccc1. The lowest BCUT2D eigenvalue weighted by atomic mass is 9.96. The minimum Gasteiger partial charge on any atom is -0.461 e. The average molecular weight is 276 g/mol. The van der Waals surface area contributed by atoms with E-state index < -0.39 is 5.60 Å². The number of allylic oxidation sites excluding steroid dienone is 2. The first-order valence-corrected chi connectivity index (χ1v) is 6.94. The van der Waals surface area contributed by atoms with E-state index in [4.69, 9.17) is 4.74 Å². The van der Waals surface area contributed by atoms with Crippen molar-refractivity contribution in [3.63, 3.8) is 0 Å². The second-order valence-corrected chi connectivity index (χ2v) is 5.64. The summed E-state index contributed by atoms with van der Waals surface area (Å²) in [4.78, 5) is 11.7. The Hall–Kier alpha value is -1.61. The van der Waals surface area contributed by atoms with Gasteiger partial charge < -0.3 is 9.84 Å². The maximum absolute atomic E-state index is 11.7. The molecular formula is C17H24O3. The van der Waals surface area contributed by atoms with Gasteiger partial charge in [-0.15, -0.1) is 0 Å². The highest BCUT2D eigenvalue weighted by Crippen LogP contribution is 2.18. The first kappa shape index (κ1) is 16.4. The summed E-state index contributed by atoms with van der Waals surface area (Å²) in [6, 6.07) is 9.53. The standard InChI is InChI=1S/C17H24O3/c1-14(2)8-7-11-17(3,19)12-16(18)20-13-15-9-5-4-6-10-15/h4-6,8-10,19H,7,11-13H2,1-3H3. The summed E-state index contributed by atoms with van der Waals surface area (Å²) < 4.78 is 5.18. The number of carbonyl (C=O) groups is 1. The van der Waals surface area contributed by atoms with E-state index in [1.807, 2.05) is 44.2 Å². The minimum atomic E-state index is -1.01. The fraction of sp³-hybridized carbons (Fsp3) is 0.471. The smallest absolute Gasteiger partial charge is 0.309 e. The Morgan fingerprint density at radius 1 is 1.30 bits per heavy atom. The Morgan fingerprint density at radius 2 is 1.95 bits per heavy atom. The predicted octanol–water partition coefficient (Wildman–Crippen LogP) is 3.62. The third-order valence-electron chi connectivity index (χ3n) is 3.00. The van der Waals surface area contributed by atoms with E-state index in [9.17, 15) is 9.90 Å². The van der Waals surface area contributed by atoms with Crippen molar-refractivity contribution in [2.24, 2.45) is 0 Å². The lowest BCUT2D eigenvalue weighted by Crippen LogP contribution is -2.28. The van der Waals surface area contributed by atoms with Gasteiger partial charge in [-0.25, -0.2) is 0 Å². The lowest BCUT2D eigenvalue weighted by Gasteiger charge is -2.21. The molecule has 3 nitrogen and oxygen atoms in total. The summed E-state index contributed by atoms with van der Waals surface area (Å²) in [6.45, 7) is 5.96. The van der Waals surface area contributed by atoms with Gasteiger partial charge in [-0.1, -0.05) is 42.0 Å². The van der Waals surface area contributed by atoms with Crippen molar-refractivity contribution in [1.82, 2.24) is 0 Å². The van der Waals surface area contributed by atoms with Gasteiger partial charge in [0, 0.05) is 0 Å². The number of esters is 1. The van der Waals surface area contributed by atoms with E-state index in [1.54, 1.807) is 6.92 Å². The van der Waals surface area contributed by atoms with Crippen molar-refractivity contribution < 1.29 is 14.6 Å². The highest BCUT2D eigenvalue weighted by molar-refractivity contribution is 5.70. The first-order valence-electron chi connectivity index (χ1n) is 6.94. The fourth-order valence-corrected chi connectivity index (χ4v) is 1.86. The topological polar surface area (TPSA) is 46.5 Å². The molecule has 0 fully saturated rings. The van der Waals surface area contributed by atoms with Crippen LogP contribution in [0.1, 0.15) is 45.6 Å². The molecule has 0 aliphatic carbocycles. The van der Waals surface area contributed by atoms with Crippen LogP contribution >= 0.6 is 0 Å². The van der Waals surface area contributed by atoms with Gasteiger partial charge >= 0.3 is 5.97 Å². The molecule has 0 heterocycles. The molecule has 0 aromatic heterocycles. The average Bonchev–Trinajstić information content (AvgIpc) is 2.36. The molecule has 1 aromatic rings. The molecule has 0 spiro atoms. The zero-order valence-corrected chi connectivity index (χ0v) is 12.6. The quantitative estimate of drug-likeness (QED) is 0.611. The Morgan fingerprint density at radius 3 is 2.55 bits per heavy atom. The molecule has 20 heavy (non-hydrogen) atoms. The molecule has 0 saturated heterocycles. The van der Waals surface area contributed by atoms with Crippen LogP contribution in [0.25, 0.3) is 0 Å². The molecule has 0 aliphatic rings. The van der Waals surface area contributed by atoms with E-state index in [2.05, 4.69) is 6.08 Å². The molecule has 1 aromatic carbocycles. The van der Waals surface area contributed by atoms with Crippen LogP contribution in [0.4, 0.5) is 0 Å². The molecule has 0 radical (unpaired) electrons. The van der Waals surface area contributed by atoms with Crippen molar-refractivity contribution in [3.8, 4) is 0 Å². The Bertz CT molecular complexity index is 443. The van der Waals surface area contributed by atoms with Crippen LogP contribution in [0.2, 0.25) is 0 Å². The fourth-order valence-electron chi connectivity index (χ4n) is 1.86. The van der Waals surface area contributed by atoms with E-state index >= 15 is 0 Å². The van der Waals surface area contributed by atoms with Gasteiger partial charge in [-0.2, -0.15) is 0 Å². The monoisotopic (exact) mass is 276 g/mol. The molecule has 0 saturated carbocycles. The van der Waals surface area contributed by atoms with Crippen LogP contribution in [0, 0.1) is 0 Å². The summed E-state index contributed by atoms with van der Waals surface area (Å²) in [6.07, 6.45) is 3.40. The van der Waals surface area contributed by atoms with Gasteiger partial charge in [-0.05, 0) is 39.2 Å². The zero-order chi connectivity index (χ0) is 15.0. The van der Waals surface area contributed by atoms with Gasteiger partial charge in [0.05, 0.1) is 12.0 Å². The Balaban J connectivity index is 2.35. The predicted molar refractivity (Wildman–Crippen MR) is 80.1 cm³/mol. The molecule has 3 heteroatoms. The second-order valence-electron chi connectivity index (χ2n) is 5.64. The maximum atomic E-state index is 11.7. The van der Waals surface area contributed by atoms with Crippen LogP contribution in [-0.2, 0) is 16.1 Å². The molecule has 0 bridgehead atoms. The third-order valence-corrected chi connectivity index (χ3v) is 3.00. The Kier molecular flexibility index (Phi) is 6.46. The van der Waals surface area contributed by atoms with Crippen LogP contribution in [-0.4, -0.2) is 16.7 Å².